The molecule has 30 heavy (non-hydrogen) atoms. The molecule has 0 aliphatic carbocycles. The second kappa shape index (κ2) is 10.1. The fourth-order valence-corrected chi connectivity index (χ4v) is 2.96. The molecule has 2 N–H and O–H groups in total. The van der Waals surface area contributed by atoms with Crippen molar-refractivity contribution in [3.63, 3.8) is 0 Å². The highest BCUT2D eigenvalue weighted by molar-refractivity contribution is 6.04. The predicted octanol–water partition coefficient (Wildman–Crippen LogP) is 4.20. The predicted molar refractivity (Wildman–Crippen MR) is 116 cm³/mol. The van der Waals surface area contributed by atoms with Gasteiger partial charge in [-0.25, -0.2) is 0 Å². The van der Waals surface area contributed by atoms with Gasteiger partial charge in [-0.1, -0.05) is 54.6 Å². The second-order valence-electron chi connectivity index (χ2n) is 6.64. The van der Waals surface area contributed by atoms with Crippen LogP contribution in [0.25, 0.3) is 0 Å². The summed E-state index contributed by atoms with van der Waals surface area (Å²) >= 11 is 0. The third kappa shape index (κ3) is 5.38. The van der Waals surface area contributed by atoms with Gasteiger partial charge in [0.25, 0.3) is 11.8 Å². The molecule has 0 aliphatic rings. The first-order chi connectivity index (χ1) is 14.6. The number of anilines is 1. The number of carbonyl (C=O) groups is 2. The zero-order chi connectivity index (χ0) is 21.3. The lowest BCUT2D eigenvalue weighted by molar-refractivity contribution is -0.118. The van der Waals surface area contributed by atoms with Crippen LogP contribution in [0.15, 0.2) is 78.9 Å². The molecule has 0 radical (unpaired) electrons. The molecule has 3 rings (SSSR count). The van der Waals surface area contributed by atoms with E-state index >= 15 is 0 Å². The van der Waals surface area contributed by atoms with E-state index in [0.29, 0.717) is 22.7 Å². The molecule has 3 aromatic rings. The minimum atomic E-state index is -0.378. The van der Waals surface area contributed by atoms with Crippen LogP contribution < -0.4 is 20.1 Å². The van der Waals surface area contributed by atoms with Crippen LogP contribution in [0.4, 0.5) is 5.69 Å². The van der Waals surface area contributed by atoms with Gasteiger partial charge in [0.15, 0.2) is 18.1 Å². The third-order valence-corrected chi connectivity index (χ3v) is 4.52. The molecular formula is C24H24N2O4. The summed E-state index contributed by atoms with van der Waals surface area (Å²) in [7, 11) is 1.54. The summed E-state index contributed by atoms with van der Waals surface area (Å²) < 4.78 is 10.8. The summed E-state index contributed by atoms with van der Waals surface area (Å²) in [5.41, 5.74) is 1.80. The van der Waals surface area contributed by atoms with E-state index in [0.717, 1.165) is 5.56 Å². The van der Waals surface area contributed by atoms with Crippen LogP contribution in [0, 0.1) is 0 Å². The van der Waals surface area contributed by atoms with Gasteiger partial charge in [-0.15, -0.1) is 0 Å². The summed E-state index contributed by atoms with van der Waals surface area (Å²) in [6.07, 6.45) is 0. The van der Waals surface area contributed by atoms with Crippen molar-refractivity contribution in [1.82, 2.24) is 5.32 Å². The van der Waals surface area contributed by atoms with Crippen molar-refractivity contribution >= 4 is 17.5 Å². The Morgan fingerprint density at radius 1 is 0.867 bits per heavy atom. The maximum atomic E-state index is 12.8. The Hall–Kier alpha value is -3.80. The zero-order valence-electron chi connectivity index (χ0n) is 16.9. The molecule has 0 aromatic heterocycles. The monoisotopic (exact) mass is 404 g/mol. The number of methoxy groups -OCH3 is 1. The van der Waals surface area contributed by atoms with Gasteiger partial charge in [0.05, 0.1) is 24.4 Å². The van der Waals surface area contributed by atoms with E-state index < -0.39 is 0 Å². The number of nitrogens with one attached hydrogen (secondary N) is 2. The molecule has 0 aliphatic heterocycles. The van der Waals surface area contributed by atoms with E-state index in [-0.39, 0.29) is 24.5 Å². The SMILES string of the molecule is COc1ccccc1OCC(=O)Nc1ccccc1C(=O)N[C@H](C)c1ccccc1. The molecule has 2 amide bonds. The zero-order valence-corrected chi connectivity index (χ0v) is 16.9. The molecule has 0 saturated heterocycles. The Morgan fingerprint density at radius 2 is 1.50 bits per heavy atom. The van der Waals surface area contributed by atoms with Crippen LogP contribution in [-0.4, -0.2) is 25.5 Å². The number of benzene rings is 3. The lowest BCUT2D eigenvalue weighted by Gasteiger charge is -2.16. The van der Waals surface area contributed by atoms with Gasteiger partial charge in [0, 0.05) is 0 Å². The number of para-hydroxylation sites is 3. The molecule has 0 heterocycles. The molecule has 3 aromatic carbocycles. The largest absolute Gasteiger partial charge is 0.493 e. The van der Waals surface area contributed by atoms with E-state index in [4.69, 9.17) is 9.47 Å². The molecule has 0 bridgehead atoms. The quantitative estimate of drug-likeness (QED) is 0.590. The molecular weight excluding hydrogens is 380 g/mol. The van der Waals surface area contributed by atoms with Crippen LogP contribution in [0.5, 0.6) is 11.5 Å². The van der Waals surface area contributed by atoms with E-state index in [1.54, 1.807) is 42.5 Å². The minimum absolute atomic E-state index is 0.170. The fourth-order valence-electron chi connectivity index (χ4n) is 2.96. The molecule has 6 nitrogen and oxygen atoms in total. The highest BCUT2D eigenvalue weighted by Gasteiger charge is 2.16. The van der Waals surface area contributed by atoms with Crippen molar-refractivity contribution in [2.24, 2.45) is 0 Å². The number of rotatable bonds is 8. The first-order valence-corrected chi connectivity index (χ1v) is 9.59. The van der Waals surface area contributed by atoms with Gasteiger partial charge in [-0.2, -0.15) is 0 Å². The van der Waals surface area contributed by atoms with E-state index in [1.165, 1.54) is 7.11 Å². The second-order valence-corrected chi connectivity index (χ2v) is 6.64. The minimum Gasteiger partial charge on any atom is -0.493 e. The van der Waals surface area contributed by atoms with E-state index in [1.807, 2.05) is 43.3 Å². The molecule has 154 valence electrons. The average Bonchev–Trinajstić information content (AvgIpc) is 2.78. The van der Waals surface area contributed by atoms with Gasteiger partial charge < -0.3 is 20.1 Å². The first kappa shape index (κ1) is 20.9. The van der Waals surface area contributed by atoms with Gasteiger partial charge in [-0.3, -0.25) is 9.59 Å². The Kier molecular flexibility index (Phi) is 7.05. The van der Waals surface area contributed by atoms with Crippen molar-refractivity contribution in [3.8, 4) is 11.5 Å². The van der Waals surface area contributed by atoms with Gasteiger partial charge in [0.1, 0.15) is 0 Å². The lowest BCUT2D eigenvalue weighted by atomic mass is 10.1. The average molecular weight is 404 g/mol. The number of amides is 2. The smallest absolute Gasteiger partial charge is 0.262 e. The Bertz CT molecular complexity index is 1000. The highest BCUT2D eigenvalue weighted by atomic mass is 16.5. The summed E-state index contributed by atoms with van der Waals surface area (Å²) in [4.78, 5) is 25.2. The van der Waals surface area contributed by atoms with Crippen molar-refractivity contribution in [3.05, 3.63) is 90.0 Å². The molecule has 0 unspecified atom stereocenters. The summed E-state index contributed by atoms with van der Waals surface area (Å²) in [5, 5.41) is 5.71. The third-order valence-electron chi connectivity index (χ3n) is 4.52. The number of ether oxygens (including phenoxy) is 2. The first-order valence-electron chi connectivity index (χ1n) is 9.59. The molecule has 0 spiro atoms. The lowest BCUT2D eigenvalue weighted by Crippen LogP contribution is -2.28. The van der Waals surface area contributed by atoms with Crippen molar-refractivity contribution in [1.29, 1.82) is 0 Å². The number of hydrogen-bond acceptors (Lipinski definition) is 4. The Balaban J connectivity index is 1.64. The van der Waals surface area contributed by atoms with Gasteiger partial charge in [-0.05, 0) is 36.8 Å². The maximum Gasteiger partial charge on any atom is 0.262 e. The van der Waals surface area contributed by atoms with Crippen LogP contribution in [-0.2, 0) is 4.79 Å². The molecule has 0 saturated carbocycles. The fraction of sp³-hybridized carbons (Fsp3) is 0.167. The van der Waals surface area contributed by atoms with Crippen LogP contribution in [0.3, 0.4) is 0 Å². The standard InChI is InChI=1S/C24H24N2O4/c1-17(18-10-4-3-5-11-18)25-24(28)19-12-6-7-13-20(19)26-23(27)16-30-22-15-9-8-14-21(22)29-2/h3-15,17H,16H2,1-2H3,(H,25,28)(H,26,27)/t17-/m1/s1. The maximum absolute atomic E-state index is 12.8. The summed E-state index contributed by atoms with van der Waals surface area (Å²) in [5.74, 6) is 0.364. The van der Waals surface area contributed by atoms with Crippen LogP contribution in [0.2, 0.25) is 0 Å². The molecule has 6 heteroatoms. The van der Waals surface area contributed by atoms with E-state index in [2.05, 4.69) is 10.6 Å². The normalized spacial score (nSPS) is 11.3. The van der Waals surface area contributed by atoms with E-state index in [9.17, 15) is 9.59 Å². The summed E-state index contributed by atoms with van der Waals surface area (Å²) in [6.45, 7) is 1.70. The molecule has 1 atom stereocenters. The number of carbonyl (C=O) groups excluding carboxylic acids is 2. The topological polar surface area (TPSA) is 76.7 Å². The van der Waals surface area contributed by atoms with Crippen LogP contribution in [0.1, 0.15) is 28.9 Å². The Morgan fingerprint density at radius 3 is 2.23 bits per heavy atom. The van der Waals surface area contributed by atoms with Crippen molar-refractivity contribution in [2.45, 2.75) is 13.0 Å². The summed E-state index contributed by atoms with van der Waals surface area (Å²) in [6, 6.07) is 23.5. The van der Waals surface area contributed by atoms with Gasteiger partial charge in [0.2, 0.25) is 0 Å². The van der Waals surface area contributed by atoms with Crippen molar-refractivity contribution < 1.29 is 19.1 Å². The van der Waals surface area contributed by atoms with Gasteiger partial charge >= 0.3 is 0 Å². The molecule has 0 fully saturated rings. The van der Waals surface area contributed by atoms with Crippen LogP contribution >= 0.6 is 0 Å². The Labute approximate surface area is 175 Å². The highest BCUT2D eigenvalue weighted by Crippen LogP contribution is 2.25. The number of hydrogen-bond donors (Lipinski definition) is 2. The van der Waals surface area contributed by atoms with Crippen molar-refractivity contribution in [2.75, 3.05) is 19.0 Å².